The van der Waals surface area contributed by atoms with E-state index in [-0.39, 0.29) is 36.1 Å². The first-order valence-corrected chi connectivity index (χ1v) is 12.6. The van der Waals surface area contributed by atoms with Crippen molar-refractivity contribution in [2.24, 2.45) is 0 Å². The second-order valence-corrected chi connectivity index (χ2v) is 10.2. The minimum Gasteiger partial charge on any atom is -0.352 e. The van der Waals surface area contributed by atoms with Gasteiger partial charge < -0.3 is 15.1 Å². The molecule has 1 N–H and O–H groups in total. The van der Waals surface area contributed by atoms with Crippen LogP contribution in [0.4, 0.5) is 0 Å². The number of likely N-dealkylation sites (tertiary alicyclic amines) is 1. The fourth-order valence-electron chi connectivity index (χ4n) is 5.07. The van der Waals surface area contributed by atoms with E-state index in [1.165, 1.54) is 0 Å². The number of carbonyl (C=O) groups is 3. The van der Waals surface area contributed by atoms with Gasteiger partial charge in [-0.1, -0.05) is 19.9 Å². The van der Waals surface area contributed by atoms with Gasteiger partial charge in [0.1, 0.15) is 17.2 Å². The van der Waals surface area contributed by atoms with Crippen LogP contribution < -0.4 is 5.32 Å². The number of pyridine rings is 1. The predicted octanol–water partition coefficient (Wildman–Crippen LogP) is 2.96. The highest BCUT2D eigenvalue weighted by Crippen LogP contribution is 2.32. The first-order valence-electron chi connectivity index (χ1n) is 12.6. The zero-order chi connectivity index (χ0) is 25.2. The lowest BCUT2D eigenvalue weighted by molar-refractivity contribution is -0.149. The Morgan fingerprint density at radius 3 is 2.71 bits per heavy atom. The maximum atomic E-state index is 13.1. The third-order valence-electron chi connectivity index (χ3n) is 7.04. The van der Waals surface area contributed by atoms with E-state index in [2.05, 4.69) is 24.1 Å². The second-order valence-electron chi connectivity index (χ2n) is 10.2. The quantitative estimate of drug-likeness (QED) is 0.657. The summed E-state index contributed by atoms with van der Waals surface area (Å²) < 4.78 is 2.00. The molecule has 0 unspecified atom stereocenters. The Balaban J connectivity index is 1.38. The van der Waals surface area contributed by atoms with Crippen LogP contribution in [0.15, 0.2) is 30.6 Å². The molecule has 9 heteroatoms. The molecule has 0 bridgehead atoms. The van der Waals surface area contributed by atoms with Gasteiger partial charge in [-0.25, -0.2) is 9.97 Å². The van der Waals surface area contributed by atoms with E-state index < -0.39 is 5.54 Å². The molecule has 35 heavy (non-hydrogen) atoms. The lowest BCUT2D eigenvalue weighted by atomic mass is 9.98. The minimum absolute atomic E-state index is 0.0497. The molecule has 0 aromatic carbocycles. The number of piperazine rings is 1. The van der Waals surface area contributed by atoms with E-state index in [0.717, 1.165) is 30.2 Å². The van der Waals surface area contributed by atoms with Crippen LogP contribution in [0.1, 0.15) is 83.3 Å². The van der Waals surface area contributed by atoms with Crippen LogP contribution in [0.2, 0.25) is 0 Å². The van der Waals surface area contributed by atoms with E-state index in [1.807, 2.05) is 33.9 Å². The number of hydrogen-bond acceptors (Lipinski definition) is 5. The Morgan fingerprint density at radius 1 is 1.17 bits per heavy atom. The Bertz CT molecular complexity index is 1090. The highest BCUT2D eigenvalue weighted by molar-refractivity contribution is 5.92. The molecule has 2 aromatic rings. The van der Waals surface area contributed by atoms with Crippen LogP contribution in [-0.2, 0) is 14.4 Å². The van der Waals surface area contributed by atoms with Gasteiger partial charge >= 0.3 is 0 Å². The van der Waals surface area contributed by atoms with Crippen molar-refractivity contribution in [2.45, 2.75) is 77.3 Å². The fourth-order valence-corrected chi connectivity index (χ4v) is 5.07. The number of nitrogens with zero attached hydrogens (tertiary/aromatic N) is 5. The molecule has 0 saturated carbocycles. The van der Waals surface area contributed by atoms with Gasteiger partial charge in [0.05, 0.1) is 11.7 Å². The van der Waals surface area contributed by atoms with Crippen molar-refractivity contribution in [1.29, 1.82) is 0 Å². The summed E-state index contributed by atoms with van der Waals surface area (Å²) in [6.45, 7) is 9.38. The van der Waals surface area contributed by atoms with Crippen molar-refractivity contribution in [2.75, 3.05) is 19.6 Å². The van der Waals surface area contributed by atoms with Crippen molar-refractivity contribution >= 4 is 17.7 Å². The summed E-state index contributed by atoms with van der Waals surface area (Å²) in [4.78, 5) is 50.9. The number of imidazole rings is 1. The molecule has 4 rings (SSSR count). The molecule has 3 amide bonds. The molecular formula is C26H36N6O3. The highest BCUT2D eigenvalue weighted by Gasteiger charge is 2.40. The number of aromatic nitrogens is 3. The van der Waals surface area contributed by atoms with E-state index >= 15 is 0 Å². The minimum atomic E-state index is -0.860. The average Bonchev–Trinajstić information content (AvgIpc) is 3.51. The largest absolute Gasteiger partial charge is 0.352 e. The second kappa shape index (κ2) is 10.2. The van der Waals surface area contributed by atoms with E-state index in [9.17, 15) is 14.4 Å². The van der Waals surface area contributed by atoms with Crippen LogP contribution in [0.25, 0.3) is 5.82 Å². The molecule has 1 atom stereocenters. The molecule has 9 nitrogen and oxygen atoms in total. The molecule has 2 aliphatic rings. The lowest BCUT2D eigenvalue weighted by Crippen LogP contribution is -2.63. The van der Waals surface area contributed by atoms with Crippen LogP contribution >= 0.6 is 0 Å². The molecule has 0 radical (unpaired) electrons. The monoisotopic (exact) mass is 480 g/mol. The summed E-state index contributed by atoms with van der Waals surface area (Å²) >= 11 is 0. The van der Waals surface area contributed by atoms with Gasteiger partial charge in [0.25, 0.3) is 0 Å². The number of nitrogens with one attached hydrogen (secondary N) is 1. The molecule has 2 aromatic heterocycles. The number of amides is 3. The van der Waals surface area contributed by atoms with Crippen LogP contribution in [0, 0.1) is 0 Å². The summed E-state index contributed by atoms with van der Waals surface area (Å²) in [7, 11) is 0. The van der Waals surface area contributed by atoms with Gasteiger partial charge in [-0.05, 0) is 45.2 Å². The maximum absolute atomic E-state index is 13.1. The smallest absolute Gasteiger partial charge is 0.245 e. The molecule has 2 fully saturated rings. The topological polar surface area (TPSA) is 100 Å². The fraction of sp³-hybridized carbons (Fsp3) is 0.577. The van der Waals surface area contributed by atoms with Crippen molar-refractivity contribution < 1.29 is 14.4 Å². The van der Waals surface area contributed by atoms with E-state index in [4.69, 9.17) is 4.98 Å². The summed E-state index contributed by atoms with van der Waals surface area (Å²) in [6.07, 6.45) is 6.54. The first kappa shape index (κ1) is 24.9. The SMILES string of the molecule is CC(C)c1nccn1-c1cccc([C@@H]2CCCN2C(=O)CCCC(=O)N2CCNC(=O)C2(C)C)n1. The van der Waals surface area contributed by atoms with Crippen molar-refractivity contribution in [3.63, 3.8) is 0 Å². The number of hydrogen-bond donors (Lipinski definition) is 1. The molecule has 2 saturated heterocycles. The van der Waals surface area contributed by atoms with Crippen molar-refractivity contribution in [3.05, 3.63) is 42.1 Å². The molecule has 2 aliphatic heterocycles. The van der Waals surface area contributed by atoms with Crippen molar-refractivity contribution in [1.82, 2.24) is 29.7 Å². The standard InChI is InChI=1S/C26H36N6O3/c1-18(2)24-27-13-16-31(24)21-10-5-8-19(29-21)20-9-7-15-30(20)22(33)11-6-12-23(34)32-17-14-28-25(35)26(32,3)4/h5,8,10,13,16,18,20H,6-7,9,11-12,14-15,17H2,1-4H3,(H,28,35)/t20-/m0/s1. The highest BCUT2D eigenvalue weighted by atomic mass is 16.2. The summed E-state index contributed by atoms with van der Waals surface area (Å²) in [5, 5.41) is 2.81. The summed E-state index contributed by atoms with van der Waals surface area (Å²) in [6, 6.07) is 5.87. The van der Waals surface area contributed by atoms with Crippen molar-refractivity contribution in [3.8, 4) is 5.82 Å². The third-order valence-corrected chi connectivity index (χ3v) is 7.04. The maximum Gasteiger partial charge on any atom is 0.245 e. The van der Waals surface area contributed by atoms with Gasteiger partial charge in [0, 0.05) is 50.8 Å². The number of rotatable bonds is 7. The summed E-state index contributed by atoms with van der Waals surface area (Å²) in [5.41, 5.74) is 0.0229. The Kier molecular flexibility index (Phi) is 7.23. The molecule has 0 aliphatic carbocycles. The van der Waals surface area contributed by atoms with E-state index in [1.54, 1.807) is 24.9 Å². The molecular weight excluding hydrogens is 444 g/mol. The third kappa shape index (κ3) is 5.09. The zero-order valence-electron chi connectivity index (χ0n) is 21.2. The normalized spacial score (nSPS) is 19.8. The predicted molar refractivity (Wildman–Crippen MR) is 132 cm³/mol. The lowest BCUT2D eigenvalue weighted by Gasteiger charge is -2.41. The van der Waals surface area contributed by atoms with Gasteiger partial charge in [-0.3, -0.25) is 19.0 Å². The zero-order valence-corrected chi connectivity index (χ0v) is 21.2. The molecule has 4 heterocycles. The molecule has 188 valence electrons. The number of carbonyl (C=O) groups excluding carboxylic acids is 3. The van der Waals surface area contributed by atoms with Gasteiger partial charge in [0.15, 0.2) is 0 Å². The van der Waals surface area contributed by atoms with Crippen LogP contribution in [0.5, 0.6) is 0 Å². The first-order chi connectivity index (χ1) is 16.7. The summed E-state index contributed by atoms with van der Waals surface area (Å²) in [5.74, 6) is 1.86. The average molecular weight is 481 g/mol. The Hall–Kier alpha value is -3.23. The van der Waals surface area contributed by atoms with Gasteiger partial charge in [-0.2, -0.15) is 0 Å². The Labute approximate surface area is 206 Å². The molecule has 0 spiro atoms. The van der Waals surface area contributed by atoms with Gasteiger partial charge in [0.2, 0.25) is 17.7 Å². The Morgan fingerprint density at radius 2 is 1.94 bits per heavy atom. The van der Waals surface area contributed by atoms with E-state index in [0.29, 0.717) is 32.5 Å². The van der Waals surface area contributed by atoms with Crippen LogP contribution in [0.3, 0.4) is 0 Å². The van der Waals surface area contributed by atoms with Crippen LogP contribution in [-0.4, -0.2) is 67.2 Å². The van der Waals surface area contributed by atoms with Gasteiger partial charge in [-0.15, -0.1) is 0 Å².